The van der Waals surface area contributed by atoms with Crippen LogP contribution in [0.2, 0.25) is 0 Å². The van der Waals surface area contributed by atoms with Gasteiger partial charge in [-0.3, -0.25) is 4.79 Å². The summed E-state index contributed by atoms with van der Waals surface area (Å²) < 4.78 is 24.6. The van der Waals surface area contributed by atoms with Crippen LogP contribution in [0.5, 0.6) is 0 Å². The molecule has 24 heavy (non-hydrogen) atoms. The van der Waals surface area contributed by atoms with Crippen molar-refractivity contribution in [3.63, 3.8) is 0 Å². The van der Waals surface area contributed by atoms with Gasteiger partial charge in [-0.1, -0.05) is 12.1 Å². The minimum atomic E-state index is -3.22. The highest BCUT2D eigenvalue weighted by atomic mass is 32.2. The van der Waals surface area contributed by atoms with Crippen molar-refractivity contribution < 1.29 is 23.1 Å². The van der Waals surface area contributed by atoms with Crippen LogP contribution >= 0.6 is 0 Å². The van der Waals surface area contributed by atoms with Gasteiger partial charge in [0.2, 0.25) is 15.9 Å². The fraction of sp³-hybridized carbons (Fsp3) is 0.500. The second-order valence-electron chi connectivity index (χ2n) is 5.90. The highest BCUT2D eigenvalue weighted by Gasteiger charge is 2.23. The predicted molar refractivity (Wildman–Crippen MR) is 89.3 cm³/mol. The number of carboxylic acids is 1. The first-order valence-corrected chi connectivity index (χ1v) is 9.67. The van der Waals surface area contributed by atoms with E-state index in [1.54, 1.807) is 17.0 Å². The van der Waals surface area contributed by atoms with Crippen molar-refractivity contribution in [3.05, 3.63) is 35.4 Å². The molecule has 1 fully saturated rings. The Balaban J connectivity index is 1.87. The molecular weight excluding hydrogens is 332 g/mol. The normalized spacial score (nSPS) is 16.6. The Kier molecular flexibility index (Phi) is 5.95. The Morgan fingerprint density at radius 3 is 2.33 bits per heavy atom. The van der Waals surface area contributed by atoms with E-state index in [1.165, 1.54) is 22.7 Å². The topological polar surface area (TPSA) is 95.0 Å². The Morgan fingerprint density at radius 1 is 1.08 bits per heavy atom. The van der Waals surface area contributed by atoms with E-state index in [0.717, 1.165) is 5.56 Å². The molecule has 1 saturated heterocycles. The van der Waals surface area contributed by atoms with Crippen molar-refractivity contribution in [2.75, 3.05) is 32.4 Å². The number of carbonyl (C=O) groups excluding carboxylic acids is 1. The largest absolute Gasteiger partial charge is 0.478 e. The molecule has 1 aliphatic heterocycles. The molecule has 0 bridgehead atoms. The molecule has 0 aliphatic carbocycles. The van der Waals surface area contributed by atoms with Crippen molar-refractivity contribution in [2.45, 2.75) is 19.3 Å². The van der Waals surface area contributed by atoms with Gasteiger partial charge in [-0.2, -0.15) is 0 Å². The molecule has 0 atom stereocenters. The lowest BCUT2D eigenvalue weighted by atomic mass is 10.1. The molecule has 1 heterocycles. The molecule has 7 nitrogen and oxygen atoms in total. The van der Waals surface area contributed by atoms with Gasteiger partial charge >= 0.3 is 5.97 Å². The van der Waals surface area contributed by atoms with Crippen LogP contribution in [0, 0.1) is 0 Å². The third-order valence-corrected chi connectivity index (χ3v) is 5.41. The molecule has 1 amide bonds. The summed E-state index contributed by atoms with van der Waals surface area (Å²) >= 11 is 0. The van der Waals surface area contributed by atoms with Crippen LogP contribution in [-0.2, 0) is 21.2 Å². The van der Waals surface area contributed by atoms with Crippen LogP contribution in [0.3, 0.4) is 0 Å². The van der Waals surface area contributed by atoms with E-state index in [-0.39, 0.29) is 11.5 Å². The van der Waals surface area contributed by atoms with Crippen molar-refractivity contribution in [2.24, 2.45) is 0 Å². The molecule has 1 aliphatic rings. The number of nitrogens with zero attached hydrogens (tertiary/aromatic N) is 2. The molecule has 0 unspecified atom stereocenters. The number of hydrogen-bond donors (Lipinski definition) is 1. The molecule has 1 N–H and O–H groups in total. The van der Waals surface area contributed by atoms with E-state index in [9.17, 15) is 18.0 Å². The summed E-state index contributed by atoms with van der Waals surface area (Å²) in [4.78, 5) is 24.8. The van der Waals surface area contributed by atoms with Crippen LogP contribution in [0.15, 0.2) is 24.3 Å². The Hall–Kier alpha value is -1.93. The SMILES string of the molecule is CS(=O)(=O)N1CCCN(C(=O)CCc2ccc(C(=O)O)cc2)CC1. The second-order valence-corrected chi connectivity index (χ2v) is 7.88. The highest BCUT2D eigenvalue weighted by molar-refractivity contribution is 7.88. The third-order valence-electron chi connectivity index (χ3n) is 4.11. The molecule has 0 radical (unpaired) electrons. The number of carboxylic acid groups (broad SMARTS) is 1. The van der Waals surface area contributed by atoms with Crippen molar-refractivity contribution >= 4 is 21.9 Å². The molecule has 1 aromatic carbocycles. The Bertz CT molecular complexity index is 700. The number of carbonyl (C=O) groups is 2. The predicted octanol–water partition coefficient (Wildman–Crippen LogP) is 0.811. The van der Waals surface area contributed by atoms with Gasteiger partial charge in [0.25, 0.3) is 0 Å². The van der Waals surface area contributed by atoms with Crippen molar-refractivity contribution in [3.8, 4) is 0 Å². The number of benzene rings is 1. The highest BCUT2D eigenvalue weighted by Crippen LogP contribution is 2.11. The molecule has 0 spiro atoms. The van der Waals surface area contributed by atoms with Gasteiger partial charge in [0.15, 0.2) is 0 Å². The molecule has 0 saturated carbocycles. The summed E-state index contributed by atoms with van der Waals surface area (Å²) in [5.74, 6) is -0.981. The zero-order valence-electron chi connectivity index (χ0n) is 13.6. The summed E-state index contributed by atoms with van der Waals surface area (Å²) in [7, 11) is -3.22. The molecular formula is C16H22N2O5S. The van der Waals surface area contributed by atoms with Crippen molar-refractivity contribution in [1.29, 1.82) is 0 Å². The zero-order valence-corrected chi connectivity index (χ0v) is 14.5. The van der Waals surface area contributed by atoms with Gasteiger partial charge in [0.05, 0.1) is 11.8 Å². The number of sulfonamides is 1. The number of aryl methyl sites for hydroxylation is 1. The van der Waals surface area contributed by atoms with E-state index >= 15 is 0 Å². The molecule has 2 rings (SSSR count). The van der Waals surface area contributed by atoms with Crippen LogP contribution in [0.1, 0.15) is 28.8 Å². The summed E-state index contributed by atoms with van der Waals surface area (Å²) in [6.07, 6.45) is 2.67. The Morgan fingerprint density at radius 2 is 1.75 bits per heavy atom. The first-order valence-electron chi connectivity index (χ1n) is 7.82. The fourth-order valence-corrected chi connectivity index (χ4v) is 3.57. The third kappa shape index (κ3) is 5.04. The van der Waals surface area contributed by atoms with Crippen LogP contribution in [-0.4, -0.2) is 67.0 Å². The van der Waals surface area contributed by atoms with E-state index in [0.29, 0.717) is 45.4 Å². The van der Waals surface area contributed by atoms with E-state index < -0.39 is 16.0 Å². The average Bonchev–Trinajstić information content (AvgIpc) is 2.79. The fourth-order valence-electron chi connectivity index (χ4n) is 2.70. The van der Waals surface area contributed by atoms with Gasteiger partial charge < -0.3 is 10.0 Å². The molecule has 0 aromatic heterocycles. The summed E-state index contributed by atoms with van der Waals surface area (Å²) in [5.41, 5.74) is 1.12. The van der Waals surface area contributed by atoms with E-state index in [1.807, 2.05) is 0 Å². The van der Waals surface area contributed by atoms with Crippen LogP contribution < -0.4 is 0 Å². The quantitative estimate of drug-likeness (QED) is 0.844. The average molecular weight is 354 g/mol. The maximum Gasteiger partial charge on any atom is 0.335 e. The van der Waals surface area contributed by atoms with Gasteiger partial charge in [0, 0.05) is 32.6 Å². The van der Waals surface area contributed by atoms with Gasteiger partial charge in [0.1, 0.15) is 0 Å². The monoisotopic (exact) mass is 354 g/mol. The van der Waals surface area contributed by atoms with E-state index in [2.05, 4.69) is 0 Å². The lowest BCUT2D eigenvalue weighted by molar-refractivity contribution is -0.131. The first kappa shape index (κ1) is 18.4. The molecule has 1 aromatic rings. The number of rotatable bonds is 5. The Labute approximate surface area is 141 Å². The second kappa shape index (κ2) is 7.76. The summed E-state index contributed by atoms with van der Waals surface area (Å²) in [6, 6.07) is 6.48. The van der Waals surface area contributed by atoms with Gasteiger partial charge in [-0.15, -0.1) is 0 Å². The summed E-state index contributed by atoms with van der Waals surface area (Å²) in [5, 5.41) is 8.86. The minimum absolute atomic E-state index is 0.00679. The maximum atomic E-state index is 12.3. The van der Waals surface area contributed by atoms with Crippen LogP contribution in [0.4, 0.5) is 0 Å². The molecule has 8 heteroatoms. The number of hydrogen-bond acceptors (Lipinski definition) is 4. The van der Waals surface area contributed by atoms with Crippen LogP contribution in [0.25, 0.3) is 0 Å². The minimum Gasteiger partial charge on any atom is -0.478 e. The van der Waals surface area contributed by atoms with E-state index in [4.69, 9.17) is 5.11 Å². The first-order chi connectivity index (χ1) is 11.3. The number of amides is 1. The van der Waals surface area contributed by atoms with Gasteiger partial charge in [-0.05, 0) is 30.5 Å². The zero-order chi connectivity index (χ0) is 17.7. The summed E-state index contributed by atoms with van der Waals surface area (Å²) in [6.45, 7) is 1.74. The lowest BCUT2D eigenvalue weighted by Gasteiger charge is -2.21. The maximum absolute atomic E-state index is 12.3. The molecule has 132 valence electrons. The smallest absolute Gasteiger partial charge is 0.335 e. The van der Waals surface area contributed by atoms with Crippen molar-refractivity contribution in [1.82, 2.24) is 9.21 Å². The van der Waals surface area contributed by atoms with Gasteiger partial charge in [-0.25, -0.2) is 17.5 Å². The standard InChI is InChI=1S/C16H22N2O5S/c1-24(22,23)18-10-2-9-17(11-12-18)15(19)8-5-13-3-6-14(7-4-13)16(20)21/h3-4,6-7H,2,5,8-12H2,1H3,(H,20,21). The number of aromatic carboxylic acids is 1. The lowest BCUT2D eigenvalue weighted by Crippen LogP contribution is -2.37.